The van der Waals surface area contributed by atoms with Crippen molar-refractivity contribution in [1.82, 2.24) is 9.55 Å². The molecule has 1 saturated heterocycles. The number of hydrogen-bond donors (Lipinski definition) is 1. The summed E-state index contributed by atoms with van der Waals surface area (Å²) in [6, 6.07) is 24.7. The zero-order valence-electron chi connectivity index (χ0n) is 21.8. The number of carbonyl (C=O) groups is 3. The number of alkyl halides is 2. The Bertz CT molecular complexity index is 1650. The van der Waals surface area contributed by atoms with E-state index in [0.29, 0.717) is 21.9 Å². The van der Waals surface area contributed by atoms with Crippen LogP contribution in [0.1, 0.15) is 31.1 Å². The molecule has 12 heteroatoms. The number of esters is 2. The van der Waals surface area contributed by atoms with Crippen molar-refractivity contribution in [2.24, 2.45) is 0 Å². The van der Waals surface area contributed by atoms with E-state index in [9.17, 15) is 19.2 Å². The summed E-state index contributed by atoms with van der Waals surface area (Å²) in [5.74, 6) is -6.89. The van der Waals surface area contributed by atoms with Crippen LogP contribution in [0.3, 0.4) is 0 Å². The zero-order chi connectivity index (χ0) is 29.7. The van der Waals surface area contributed by atoms with Gasteiger partial charge in [0.05, 0.1) is 11.1 Å². The van der Waals surface area contributed by atoms with Crippen LogP contribution in [0, 0.1) is 0 Å². The summed E-state index contributed by atoms with van der Waals surface area (Å²) in [7, 11) is 0. The maximum absolute atomic E-state index is 16.3. The quantitative estimate of drug-likeness (QED) is 0.295. The number of ether oxygens (including phenoxy) is 2. The van der Waals surface area contributed by atoms with Gasteiger partial charge in [-0.2, -0.15) is 13.8 Å². The average molecular weight is 592 g/mol. The highest BCUT2D eigenvalue weighted by Gasteiger charge is 2.68. The lowest BCUT2D eigenvalue weighted by Gasteiger charge is -2.36. The second-order valence-corrected chi connectivity index (χ2v) is 10.5. The molecule has 1 fully saturated rings. The third-order valence-corrected chi connectivity index (χ3v) is 8.07. The molecule has 1 amide bonds. The van der Waals surface area contributed by atoms with Gasteiger partial charge < -0.3 is 14.8 Å². The highest BCUT2D eigenvalue weighted by molar-refractivity contribution is 8.00. The highest BCUT2D eigenvalue weighted by atomic mass is 32.2. The minimum absolute atomic E-state index is 0.0728. The van der Waals surface area contributed by atoms with Gasteiger partial charge in [0, 0.05) is 17.5 Å². The summed E-state index contributed by atoms with van der Waals surface area (Å²) in [6.45, 7) is -0.949. The molecular formula is C30H23F2N3O6S. The predicted octanol–water partition coefficient (Wildman–Crippen LogP) is 4.61. The molecule has 4 aromatic rings. The first kappa shape index (κ1) is 28.7. The van der Waals surface area contributed by atoms with E-state index in [1.807, 2.05) is 0 Å². The van der Waals surface area contributed by atoms with E-state index in [1.54, 1.807) is 66.7 Å². The molecule has 1 N–H and O–H groups in total. The molecule has 0 radical (unpaired) electrons. The molecule has 1 aromatic heterocycles. The zero-order valence-corrected chi connectivity index (χ0v) is 22.6. The van der Waals surface area contributed by atoms with Crippen molar-refractivity contribution >= 4 is 35.4 Å². The van der Waals surface area contributed by atoms with Crippen molar-refractivity contribution in [3.05, 3.63) is 130 Å². The fourth-order valence-corrected chi connectivity index (χ4v) is 5.78. The summed E-state index contributed by atoms with van der Waals surface area (Å²) in [4.78, 5) is 52.4. The van der Waals surface area contributed by atoms with Gasteiger partial charge in [-0.3, -0.25) is 9.36 Å². The number of anilines is 1. The number of nitrogens with one attached hydrogen (secondary N) is 1. The average Bonchev–Trinajstić information content (AvgIpc) is 3.26. The Labute approximate surface area is 242 Å². The van der Waals surface area contributed by atoms with Crippen LogP contribution in [-0.4, -0.2) is 51.8 Å². The second-order valence-electron chi connectivity index (χ2n) is 9.21. The third kappa shape index (κ3) is 5.66. The maximum atomic E-state index is 16.3. The fraction of sp³-hybridized carbons (Fsp3) is 0.167. The molecule has 1 unspecified atom stereocenters. The molecule has 1 aliphatic rings. The van der Waals surface area contributed by atoms with Crippen molar-refractivity contribution in [2.45, 2.75) is 16.9 Å². The van der Waals surface area contributed by atoms with Gasteiger partial charge in [-0.15, -0.1) is 11.8 Å². The molecule has 2 heterocycles. The van der Waals surface area contributed by atoms with E-state index in [-0.39, 0.29) is 16.9 Å². The summed E-state index contributed by atoms with van der Waals surface area (Å²) in [5, 5.41) is 2.46. The van der Waals surface area contributed by atoms with E-state index >= 15 is 8.78 Å². The van der Waals surface area contributed by atoms with E-state index < -0.39 is 52.8 Å². The Hall–Kier alpha value is -4.84. The number of benzene rings is 3. The van der Waals surface area contributed by atoms with Gasteiger partial charge >= 0.3 is 23.6 Å². The van der Waals surface area contributed by atoms with Crippen molar-refractivity contribution in [2.75, 3.05) is 17.7 Å². The SMILES string of the molecule is O=C(Nc1ccn(C2(COC(=O)c3ccccc3)SC[C@@H](OC(=O)c3ccccc3)C2(F)F)c(=O)n1)c1ccccc1. The molecule has 0 spiro atoms. The van der Waals surface area contributed by atoms with Gasteiger partial charge in [0.1, 0.15) is 12.4 Å². The lowest BCUT2D eigenvalue weighted by atomic mass is 10.0. The number of halogens is 2. The van der Waals surface area contributed by atoms with Gasteiger partial charge in [-0.25, -0.2) is 14.4 Å². The molecule has 0 bridgehead atoms. The Morgan fingerprint density at radius 1 is 0.857 bits per heavy atom. The first-order chi connectivity index (χ1) is 20.2. The van der Waals surface area contributed by atoms with Crippen LogP contribution in [0.15, 0.2) is 108 Å². The number of carbonyl (C=O) groups excluding carboxylic acids is 3. The van der Waals surface area contributed by atoms with Crippen LogP contribution in [0.25, 0.3) is 0 Å². The van der Waals surface area contributed by atoms with E-state index in [0.717, 1.165) is 6.20 Å². The molecule has 9 nitrogen and oxygen atoms in total. The Morgan fingerprint density at radius 2 is 1.40 bits per heavy atom. The number of amides is 1. The predicted molar refractivity (Wildman–Crippen MR) is 151 cm³/mol. The Morgan fingerprint density at radius 3 is 1.98 bits per heavy atom. The fourth-order valence-electron chi connectivity index (χ4n) is 4.33. The van der Waals surface area contributed by atoms with Crippen LogP contribution in [0.4, 0.5) is 14.6 Å². The number of thioether (sulfide) groups is 1. The molecule has 42 heavy (non-hydrogen) atoms. The van der Waals surface area contributed by atoms with Crippen LogP contribution in [-0.2, 0) is 14.3 Å². The third-order valence-electron chi connectivity index (χ3n) is 6.54. The van der Waals surface area contributed by atoms with E-state index in [1.165, 1.54) is 30.3 Å². The molecule has 3 aromatic carbocycles. The first-order valence-electron chi connectivity index (χ1n) is 12.7. The molecule has 0 saturated carbocycles. The first-order valence-corrected chi connectivity index (χ1v) is 13.7. The highest BCUT2D eigenvalue weighted by Crippen LogP contribution is 2.54. The summed E-state index contributed by atoms with van der Waals surface area (Å²) < 4.78 is 43.8. The molecule has 0 aliphatic carbocycles. The van der Waals surface area contributed by atoms with Gasteiger partial charge in [0.25, 0.3) is 5.91 Å². The summed E-state index contributed by atoms with van der Waals surface area (Å²) >= 11 is 0.594. The Balaban J connectivity index is 1.46. The molecule has 2 atom stereocenters. The topological polar surface area (TPSA) is 117 Å². The van der Waals surface area contributed by atoms with E-state index in [2.05, 4.69) is 10.3 Å². The number of nitrogens with zero attached hydrogens (tertiary/aromatic N) is 2. The standard InChI is InChI=1S/C30H23F2N3O6S/c31-30(32)23(41-27(38)22-14-8-3-9-15-22)18-42-29(30,19-40-26(37)21-12-6-2-7-13-21)35-17-16-24(34-28(35)39)33-25(36)20-10-4-1-5-11-20/h1-17,23H,18-19H2,(H,33,34,36,39)/t23-,29?/m1/s1. The lowest BCUT2D eigenvalue weighted by Crippen LogP contribution is -2.56. The van der Waals surface area contributed by atoms with Crippen LogP contribution >= 0.6 is 11.8 Å². The lowest BCUT2D eigenvalue weighted by molar-refractivity contribution is -0.150. The normalized spacial score (nSPS) is 19.0. The molecule has 214 valence electrons. The number of hydrogen-bond acceptors (Lipinski definition) is 8. The molecular weight excluding hydrogens is 568 g/mol. The van der Waals surface area contributed by atoms with Gasteiger partial charge in [-0.05, 0) is 42.5 Å². The van der Waals surface area contributed by atoms with Crippen molar-refractivity contribution < 1.29 is 32.6 Å². The van der Waals surface area contributed by atoms with Gasteiger partial charge in [-0.1, -0.05) is 54.6 Å². The van der Waals surface area contributed by atoms with Gasteiger partial charge in [0.2, 0.25) is 0 Å². The summed E-state index contributed by atoms with van der Waals surface area (Å²) in [6.07, 6.45) is -0.927. The monoisotopic (exact) mass is 591 g/mol. The molecule has 5 rings (SSSR count). The minimum Gasteiger partial charge on any atom is -0.458 e. The van der Waals surface area contributed by atoms with E-state index in [4.69, 9.17) is 9.47 Å². The van der Waals surface area contributed by atoms with Crippen LogP contribution in [0.5, 0.6) is 0 Å². The van der Waals surface area contributed by atoms with Crippen molar-refractivity contribution in [3.8, 4) is 0 Å². The summed E-state index contributed by atoms with van der Waals surface area (Å²) in [5.41, 5.74) is -0.647. The number of aromatic nitrogens is 2. The maximum Gasteiger partial charge on any atom is 0.351 e. The number of rotatable bonds is 8. The van der Waals surface area contributed by atoms with Crippen molar-refractivity contribution in [1.29, 1.82) is 0 Å². The molecule has 1 aliphatic heterocycles. The van der Waals surface area contributed by atoms with Crippen LogP contribution in [0.2, 0.25) is 0 Å². The second kappa shape index (κ2) is 12.0. The van der Waals surface area contributed by atoms with Crippen LogP contribution < -0.4 is 11.0 Å². The van der Waals surface area contributed by atoms with Gasteiger partial charge in [0.15, 0.2) is 11.0 Å². The largest absolute Gasteiger partial charge is 0.458 e. The Kier molecular flexibility index (Phi) is 8.16. The smallest absolute Gasteiger partial charge is 0.351 e. The minimum atomic E-state index is -3.90. The van der Waals surface area contributed by atoms with Crippen molar-refractivity contribution in [3.63, 3.8) is 0 Å².